The van der Waals surface area contributed by atoms with Crippen LogP contribution in [0.5, 0.6) is 0 Å². The van der Waals surface area contributed by atoms with Crippen LogP contribution in [0.4, 0.5) is 0 Å². The maximum Gasteiger partial charge on any atom is 0.127 e. The Morgan fingerprint density at radius 2 is 2.25 bits per heavy atom. The summed E-state index contributed by atoms with van der Waals surface area (Å²) in [5, 5.41) is 0. The van der Waals surface area contributed by atoms with E-state index in [9.17, 15) is 0 Å². The molecule has 2 rings (SSSR count). The van der Waals surface area contributed by atoms with Gasteiger partial charge >= 0.3 is 0 Å². The molecule has 0 saturated carbocycles. The van der Waals surface area contributed by atoms with Gasteiger partial charge in [0.05, 0.1) is 0 Å². The first-order valence-corrected chi connectivity index (χ1v) is 5.66. The molecule has 0 atom stereocenters. The Morgan fingerprint density at radius 3 is 2.92 bits per heavy atom. The van der Waals surface area contributed by atoms with Crippen molar-refractivity contribution in [2.24, 2.45) is 0 Å². The lowest BCUT2D eigenvalue weighted by Crippen LogP contribution is -2.47. The normalized spacial score (nSPS) is 29.0. The van der Waals surface area contributed by atoms with E-state index in [-0.39, 0.29) is 0 Å². The second kappa shape index (κ2) is 4.46. The molecule has 4 heteroatoms. The smallest absolute Gasteiger partial charge is 0.127 e. The first-order chi connectivity index (χ1) is 5.97. The van der Waals surface area contributed by atoms with E-state index in [1.165, 1.54) is 44.1 Å². The van der Waals surface area contributed by atoms with Crippen LogP contribution >= 0.6 is 11.9 Å². The van der Waals surface area contributed by atoms with Gasteiger partial charge in [-0.25, -0.2) is 9.73 Å². The molecule has 2 fully saturated rings. The largest absolute Gasteiger partial charge is 0.256 e. The van der Waals surface area contributed by atoms with Gasteiger partial charge in [0.1, 0.15) is 6.17 Å². The average Bonchev–Trinajstić information content (AvgIpc) is 2.21. The SMILES string of the molecule is C1CCN([C]2CCCNN2)SC1. The number of hydrogen-bond donors (Lipinski definition) is 2. The van der Waals surface area contributed by atoms with Gasteiger partial charge in [0.15, 0.2) is 0 Å². The molecule has 2 aliphatic heterocycles. The van der Waals surface area contributed by atoms with E-state index in [1.807, 2.05) is 11.9 Å². The summed E-state index contributed by atoms with van der Waals surface area (Å²) in [6.45, 7) is 2.32. The number of nitrogens with zero attached hydrogens (tertiary/aromatic N) is 1. The minimum absolute atomic E-state index is 1.10. The number of nitrogens with one attached hydrogen (secondary N) is 2. The summed E-state index contributed by atoms with van der Waals surface area (Å²) in [6, 6.07) is 0. The summed E-state index contributed by atoms with van der Waals surface area (Å²) < 4.78 is 2.41. The Hall–Kier alpha value is 0.230. The standard InChI is InChI=1S/C8H16N3S/c1-2-7-12-11(6-1)8-4-3-5-9-10-8/h9-10H,1-7H2. The number of hydrogen-bond acceptors (Lipinski definition) is 4. The van der Waals surface area contributed by atoms with Gasteiger partial charge in [0.25, 0.3) is 0 Å². The molecule has 2 saturated heterocycles. The zero-order chi connectivity index (χ0) is 8.23. The zero-order valence-corrected chi connectivity index (χ0v) is 8.12. The molecule has 3 nitrogen and oxygen atoms in total. The monoisotopic (exact) mass is 186 g/mol. The molecule has 0 bridgehead atoms. The quantitative estimate of drug-likeness (QED) is 0.600. The van der Waals surface area contributed by atoms with Gasteiger partial charge in [0, 0.05) is 18.8 Å². The lowest BCUT2D eigenvalue weighted by molar-refractivity contribution is 0.306. The van der Waals surface area contributed by atoms with E-state index in [4.69, 9.17) is 0 Å². The summed E-state index contributed by atoms with van der Waals surface area (Å²) in [6.07, 6.45) is 6.57. The van der Waals surface area contributed by atoms with E-state index in [1.54, 1.807) is 0 Å². The molecule has 2 N–H and O–H groups in total. The fraction of sp³-hybridized carbons (Fsp3) is 0.875. The lowest BCUT2D eigenvalue weighted by Gasteiger charge is -2.35. The highest BCUT2D eigenvalue weighted by atomic mass is 32.2. The van der Waals surface area contributed by atoms with Crippen LogP contribution in [0.2, 0.25) is 0 Å². The predicted octanol–water partition coefficient (Wildman–Crippen LogP) is 1.11. The van der Waals surface area contributed by atoms with Crippen LogP contribution in [0.1, 0.15) is 25.7 Å². The fourth-order valence-electron chi connectivity index (χ4n) is 1.57. The summed E-state index contributed by atoms with van der Waals surface area (Å²) in [5.41, 5.74) is 6.45. The number of rotatable bonds is 1. The molecule has 12 heavy (non-hydrogen) atoms. The Morgan fingerprint density at radius 1 is 1.25 bits per heavy atom. The van der Waals surface area contributed by atoms with Crippen LogP contribution in [-0.4, -0.2) is 23.1 Å². The van der Waals surface area contributed by atoms with Crippen LogP contribution in [0.15, 0.2) is 0 Å². The molecule has 0 amide bonds. The van der Waals surface area contributed by atoms with Crippen molar-refractivity contribution in [3.63, 3.8) is 0 Å². The third-order valence-corrected chi connectivity index (χ3v) is 3.44. The van der Waals surface area contributed by atoms with Crippen molar-refractivity contribution in [3.05, 3.63) is 6.17 Å². The predicted molar refractivity (Wildman–Crippen MR) is 52.0 cm³/mol. The minimum atomic E-state index is 1.10. The number of hydrazine groups is 1. The topological polar surface area (TPSA) is 27.3 Å². The van der Waals surface area contributed by atoms with Gasteiger partial charge in [-0.1, -0.05) is 11.9 Å². The molecular weight excluding hydrogens is 170 g/mol. The van der Waals surface area contributed by atoms with Gasteiger partial charge in [-0.05, 0) is 25.7 Å². The fourth-order valence-corrected chi connectivity index (χ4v) is 2.67. The van der Waals surface area contributed by atoms with Crippen molar-refractivity contribution in [3.8, 4) is 0 Å². The van der Waals surface area contributed by atoms with Crippen LogP contribution in [0, 0.1) is 6.17 Å². The van der Waals surface area contributed by atoms with E-state index < -0.39 is 0 Å². The zero-order valence-electron chi connectivity index (χ0n) is 7.31. The summed E-state index contributed by atoms with van der Waals surface area (Å²) in [4.78, 5) is 0. The van der Waals surface area contributed by atoms with Crippen molar-refractivity contribution in [2.75, 3.05) is 18.8 Å². The molecule has 1 radical (unpaired) electrons. The van der Waals surface area contributed by atoms with Crippen LogP contribution in [0.25, 0.3) is 0 Å². The molecule has 2 heterocycles. The van der Waals surface area contributed by atoms with Gasteiger partial charge in [-0.3, -0.25) is 5.43 Å². The van der Waals surface area contributed by atoms with Crippen molar-refractivity contribution < 1.29 is 0 Å². The van der Waals surface area contributed by atoms with Crippen LogP contribution < -0.4 is 10.9 Å². The van der Waals surface area contributed by atoms with E-state index >= 15 is 0 Å². The molecule has 0 aromatic rings. The maximum absolute atomic E-state index is 3.26. The van der Waals surface area contributed by atoms with Crippen molar-refractivity contribution in [1.82, 2.24) is 15.2 Å². The van der Waals surface area contributed by atoms with Gasteiger partial charge in [-0.2, -0.15) is 0 Å². The minimum Gasteiger partial charge on any atom is -0.256 e. The van der Waals surface area contributed by atoms with E-state index in [0.717, 1.165) is 6.54 Å². The first-order valence-electron chi connectivity index (χ1n) is 4.72. The van der Waals surface area contributed by atoms with Gasteiger partial charge < -0.3 is 0 Å². The highest BCUT2D eigenvalue weighted by molar-refractivity contribution is 7.97. The first kappa shape index (κ1) is 8.81. The Kier molecular flexibility index (Phi) is 3.28. The highest BCUT2D eigenvalue weighted by Crippen LogP contribution is 2.27. The molecule has 0 aromatic heterocycles. The van der Waals surface area contributed by atoms with Crippen molar-refractivity contribution >= 4 is 11.9 Å². The Balaban J connectivity index is 1.80. The molecular formula is C8H16N3S. The summed E-state index contributed by atoms with van der Waals surface area (Å²) in [7, 11) is 0. The van der Waals surface area contributed by atoms with E-state index in [0.29, 0.717) is 0 Å². The van der Waals surface area contributed by atoms with E-state index in [2.05, 4.69) is 15.2 Å². The van der Waals surface area contributed by atoms with Gasteiger partial charge in [-0.15, -0.1) is 0 Å². The second-order valence-corrected chi connectivity index (χ2v) is 4.35. The Labute approximate surface area is 78.4 Å². The third-order valence-electron chi connectivity index (χ3n) is 2.25. The highest BCUT2D eigenvalue weighted by Gasteiger charge is 2.23. The summed E-state index contributed by atoms with van der Waals surface area (Å²) >= 11 is 1.96. The van der Waals surface area contributed by atoms with Crippen LogP contribution in [0.3, 0.4) is 0 Å². The Bertz CT molecular complexity index is 114. The lowest BCUT2D eigenvalue weighted by atomic mass is 10.2. The molecule has 0 spiro atoms. The molecule has 0 unspecified atom stereocenters. The third kappa shape index (κ3) is 2.13. The maximum atomic E-state index is 3.26. The molecule has 69 valence electrons. The molecule has 0 aromatic carbocycles. The average molecular weight is 186 g/mol. The van der Waals surface area contributed by atoms with Crippen LogP contribution in [-0.2, 0) is 0 Å². The van der Waals surface area contributed by atoms with Crippen molar-refractivity contribution in [2.45, 2.75) is 25.7 Å². The second-order valence-electron chi connectivity index (χ2n) is 3.24. The molecule has 0 aliphatic carbocycles. The van der Waals surface area contributed by atoms with Gasteiger partial charge in [0.2, 0.25) is 0 Å². The van der Waals surface area contributed by atoms with Crippen molar-refractivity contribution in [1.29, 1.82) is 0 Å². The molecule has 2 aliphatic rings. The summed E-state index contributed by atoms with van der Waals surface area (Å²) in [5.74, 6) is 1.28.